The third kappa shape index (κ3) is 13.3. The molecule has 0 aromatic heterocycles. The second-order valence-electron chi connectivity index (χ2n) is 17.9. The van der Waals surface area contributed by atoms with E-state index in [-0.39, 0.29) is 77.0 Å². The summed E-state index contributed by atoms with van der Waals surface area (Å²) >= 11 is 0. The fourth-order valence-corrected chi connectivity index (χ4v) is 7.79. The number of hydrogen-bond acceptors (Lipinski definition) is 7. The number of halogens is 3. The van der Waals surface area contributed by atoms with E-state index in [9.17, 15) is 32.8 Å². The zero-order valence-corrected chi connectivity index (χ0v) is 38.3. The fraction of sp³-hybridized carbons (Fsp3) is 0.408. The molecule has 6 atom stereocenters. The molecule has 0 heterocycles. The van der Waals surface area contributed by atoms with E-state index in [1.807, 2.05) is 48.5 Å². The standard InChI is InChI=1S/C27H34FN3O4.C22H26FN3O2.ClH/c1-26(2,3)35-25(34)31-19(13-17-11-12-20(22(28)14-17)23(32)29-5)16-30-24(33)21-15-27(21,4)18-9-7-6-8-10-18;1-22(15-6-4-3-5-7-15)12-18(22)21(28)26-13-16(24)10-14-8-9-17(19(23)11-14)20(27)25-2;/h6-12,14,19,21H,13,15-16H2,1-5H3,(H,29,32)(H,30,33)(H,31,34);3-9,11,16,18H,10,12-13,24H2,1-2H3,(H,25,27)(H,26,28);1H/t19-,21-,27-;16-,18-,22-;/m00./s1. The first kappa shape index (κ1) is 50.8. The van der Waals surface area contributed by atoms with Crippen molar-refractivity contribution in [2.45, 2.75) is 88.8 Å². The quantitative estimate of drug-likeness (QED) is 0.0812. The average molecular weight is 904 g/mol. The van der Waals surface area contributed by atoms with Gasteiger partial charge in [-0.25, -0.2) is 13.6 Å². The Balaban J connectivity index is 0.000000283. The summed E-state index contributed by atoms with van der Waals surface area (Å²) in [6.45, 7) is 9.91. The van der Waals surface area contributed by atoms with Crippen LogP contribution in [0.1, 0.15) is 90.4 Å². The van der Waals surface area contributed by atoms with Crippen molar-refractivity contribution in [1.82, 2.24) is 26.6 Å². The molecule has 4 aromatic rings. The van der Waals surface area contributed by atoms with Crippen LogP contribution >= 0.6 is 12.4 Å². The second-order valence-corrected chi connectivity index (χ2v) is 17.9. The number of carbonyl (C=O) groups is 5. The molecule has 0 aliphatic heterocycles. The Morgan fingerprint density at radius 2 is 1.11 bits per heavy atom. The highest BCUT2D eigenvalue weighted by atomic mass is 35.5. The second kappa shape index (κ2) is 21.7. The van der Waals surface area contributed by atoms with E-state index in [1.54, 1.807) is 32.9 Å². The Morgan fingerprint density at radius 1 is 0.688 bits per heavy atom. The zero-order chi connectivity index (χ0) is 46.1. The maximum absolute atomic E-state index is 14.5. The van der Waals surface area contributed by atoms with Crippen molar-refractivity contribution in [2.24, 2.45) is 17.6 Å². The summed E-state index contributed by atoms with van der Waals surface area (Å²) in [5.41, 5.74) is 8.59. The van der Waals surface area contributed by atoms with E-state index in [1.165, 1.54) is 43.9 Å². The van der Waals surface area contributed by atoms with Crippen molar-refractivity contribution < 1.29 is 37.5 Å². The van der Waals surface area contributed by atoms with Crippen LogP contribution in [0, 0.1) is 23.5 Å². The fourth-order valence-electron chi connectivity index (χ4n) is 7.79. The molecule has 0 unspecified atom stereocenters. The SMILES string of the molecule is CNC(=O)c1ccc(C[C@@H](CNC(=O)[C@@H]2C[C@@]2(C)c2ccccc2)NC(=O)OC(C)(C)C)cc1F.CNC(=O)c1ccc(C[C@H](N)CNC(=O)[C@@H]2C[C@@]2(C)c2ccccc2)cc1F.Cl. The molecule has 7 N–H and O–H groups in total. The normalized spacial score (nSPS) is 20.3. The average Bonchev–Trinajstić information content (AvgIpc) is 4.16. The van der Waals surface area contributed by atoms with Gasteiger partial charge < -0.3 is 37.1 Å². The summed E-state index contributed by atoms with van der Waals surface area (Å²) in [5, 5.41) is 13.4. The Hall–Kier alpha value is -5.86. The van der Waals surface area contributed by atoms with Crippen LogP contribution in [0.15, 0.2) is 97.1 Å². The van der Waals surface area contributed by atoms with Crippen molar-refractivity contribution >= 4 is 42.1 Å². The number of ether oxygens (including phenoxy) is 1. The van der Waals surface area contributed by atoms with Crippen LogP contribution in [0.3, 0.4) is 0 Å². The van der Waals surface area contributed by atoms with Gasteiger partial charge in [-0.15, -0.1) is 12.4 Å². The number of rotatable bonds is 15. The molecule has 2 aliphatic rings. The number of nitrogens with one attached hydrogen (secondary N) is 5. The van der Waals surface area contributed by atoms with E-state index in [2.05, 4.69) is 52.6 Å². The molecule has 344 valence electrons. The molecule has 0 bridgehead atoms. The first-order valence-electron chi connectivity index (χ1n) is 21.2. The highest BCUT2D eigenvalue weighted by Crippen LogP contribution is 2.54. The highest BCUT2D eigenvalue weighted by molar-refractivity contribution is 5.94. The van der Waals surface area contributed by atoms with Gasteiger partial charge in [0.05, 0.1) is 17.2 Å². The largest absolute Gasteiger partial charge is 0.444 e. The summed E-state index contributed by atoms with van der Waals surface area (Å²) in [4.78, 5) is 61.1. The first-order chi connectivity index (χ1) is 29.8. The van der Waals surface area contributed by atoms with E-state index >= 15 is 0 Å². The van der Waals surface area contributed by atoms with Crippen molar-refractivity contribution in [2.75, 3.05) is 27.2 Å². The smallest absolute Gasteiger partial charge is 0.407 e. The number of benzene rings is 4. The molecule has 6 rings (SSSR count). The number of alkyl carbamates (subject to hydrolysis) is 1. The lowest BCUT2D eigenvalue weighted by Gasteiger charge is -2.24. The van der Waals surface area contributed by atoms with E-state index < -0.39 is 41.2 Å². The van der Waals surface area contributed by atoms with Crippen molar-refractivity contribution in [1.29, 1.82) is 0 Å². The summed E-state index contributed by atoms with van der Waals surface area (Å²) in [5.74, 6) is -2.51. The van der Waals surface area contributed by atoms with Crippen molar-refractivity contribution in [3.8, 4) is 0 Å². The van der Waals surface area contributed by atoms with Gasteiger partial charge in [-0.1, -0.05) is 86.6 Å². The van der Waals surface area contributed by atoms with Gasteiger partial charge in [-0.3, -0.25) is 19.2 Å². The Kier molecular flexibility index (Phi) is 17.2. The van der Waals surface area contributed by atoms with Gasteiger partial charge in [0, 0.05) is 55.9 Å². The van der Waals surface area contributed by atoms with Crippen LogP contribution in [0.25, 0.3) is 0 Å². The lowest BCUT2D eigenvalue weighted by atomic mass is 9.95. The lowest BCUT2D eigenvalue weighted by Crippen LogP contribution is -2.47. The minimum atomic E-state index is -0.690. The van der Waals surface area contributed by atoms with Gasteiger partial charge in [0.2, 0.25) is 11.8 Å². The minimum absolute atomic E-state index is 0. The minimum Gasteiger partial charge on any atom is -0.444 e. The molecule has 64 heavy (non-hydrogen) atoms. The van der Waals surface area contributed by atoms with Gasteiger partial charge >= 0.3 is 6.09 Å². The van der Waals surface area contributed by atoms with Gasteiger partial charge in [0.15, 0.2) is 0 Å². The lowest BCUT2D eigenvalue weighted by molar-refractivity contribution is -0.123. The van der Waals surface area contributed by atoms with E-state index in [0.717, 1.165) is 18.4 Å². The van der Waals surface area contributed by atoms with E-state index in [0.29, 0.717) is 24.1 Å². The predicted molar refractivity (Wildman–Crippen MR) is 245 cm³/mol. The summed E-state index contributed by atoms with van der Waals surface area (Å²) in [6.07, 6.45) is 1.60. The van der Waals surface area contributed by atoms with Gasteiger partial charge in [-0.2, -0.15) is 0 Å². The molecule has 2 saturated carbocycles. The predicted octanol–water partition coefficient (Wildman–Crippen LogP) is 6.29. The zero-order valence-electron chi connectivity index (χ0n) is 37.5. The molecule has 2 fully saturated rings. The van der Waals surface area contributed by atoms with Crippen LogP contribution in [0.5, 0.6) is 0 Å². The van der Waals surface area contributed by atoms with Gasteiger partial charge in [0.1, 0.15) is 17.2 Å². The molecule has 15 heteroatoms. The van der Waals surface area contributed by atoms with Crippen LogP contribution in [0.2, 0.25) is 0 Å². The molecule has 12 nitrogen and oxygen atoms in total. The Bertz CT molecular complexity index is 2280. The third-order valence-corrected chi connectivity index (χ3v) is 11.7. The maximum atomic E-state index is 14.5. The Labute approximate surface area is 380 Å². The van der Waals surface area contributed by atoms with Crippen LogP contribution in [-0.2, 0) is 38.0 Å². The number of nitrogens with two attached hydrogens (primary N) is 1. The third-order valence-electron chi connectivity index (χ3n) is 11.7. The number of hydrogen-bond donors (Lipinski definition) is 6. The van der Waals surface area contributed by atoms with Gasteiger partial charge in [-0.05, 0) is 93.0 Å². The molecule has 0 spiro atoms. The first-order valence-corrected chi connectivity index (χ1v) is 21.2. The Morgan fingerprint density at radius 3 is 1.52 bits per heavy atom. The summed E-state index contributed by atoms with van der Waals surface area (Å²) in [7, 11) is 2.89. The molecule has 2 aliphatic carbocycles. The molecule has 4 aromatic carbocycles. The molecular weight excluding hydrogens is 842 g/mol. The van der Waals surface area contributed by atoms with E-state index in [4.69, 9.17) is 10.5 Å². The molecule has 0 radical (unpaired) electrons. The monoisotopic (exact) mass is 902 g/mol. The van der Waals surface area contributed by atoms with Crippen LogP contribution in [-0.4, -0.2) is 74.6 Å². The maximum Gasteiger partial charge on any atom is 0.407 e. The van der Waals surface area contributed by atoms with Crippen molar-refractivity contribution in [3.63, 3.8) is 0 Å². The van der Waals surface area contributed by atoms with Gasteiger partial charge in [0.25, 0.3) is 11.8 Å². The summed E-state index contributed by atoms with van der Waals surface area (Å²) < 4.78 is 33.9. The molecule has 0 saturated heterocycles. The summed E-state index contributed by atoms with van der Waals surface area (Å²) in [6, 6.07) is 27.8. The molecular formula is C49H61ClF2N6O6. The number of carbonyl (C=O) groups excluding carboxylic acids is 5. The topological polar surface area (TPSA) is 181 Å². The van der Waals surface area contributed by atoms with Crippen molar-refractivity contribution in [3.05, 3.63) is 142 Å². The van der Waals surface area contributed by atoms with Crippen LogP contribution < -0.4 is 32.3 Å². The number of amides is 5. The van der Waals surface area contributed by atoms with Crippen LogP contribution in [0.4, 0.5) is 13.6 Å². The molecule has 5 amide bonds. The highest BCUT2D eigenvalue weighted by Gasteiger charge is 2.56.